The molecule has 0 saturated heterocycles. The Balaban J connectivity index is 2.69. The predicted molar refractivity (Wildman–Crippen MR) is 110 cm³/mol. The van der Waals surface area contributed by atoms with Crippen LogP contribution in [-0.4, -0.2) is 35.5 Å². The zero-order valence-corrected chi connectivity index (χ0v) is 18.3. The number of nitrogens with one attached hydrogen (secondary N) is 2. The van der Waals surface area contributed by atoms with E-state index in [-0.39, 0.29) is 12.0 Å². The number of amides is 2. The Morgan fingerprint density at radius 1 is 1.03 bits per heavy atom. The summed E-state index contributed by atoms with van der Waals surface area (Å²) in [5.41, 5.74) is -0.533. The van der Waals surface area contributed by atoms with Crippen molar-refractivity contribution in [3.05, 3.63) is 35.4 Å². The molecule has 0 aromatic heterocycles. The molecule has 0 fully saturated rings. The van der Waals surface area contributed by atoms with Crippen LogP contribution in [0.15, 0.2) is 18.2 Å². The first-order valence-electron chi connectivity index (χ1n) is 10.2. The van der Waals surface area contributed by atoms with Gasteiger partial charge >= 0.3 is 5.97 Å². The number of ether oxygens (including phenoxy) is 1. The van der Waals surface area contributed by atoms with Gasteiger partial charge in [0, 0.05) is 6.07 Å². The molecule has 168 valence electrons. The molecule has 0 aliphatic carbocycles. The fraction of sp³-hybridized carbons (Fsp3) is 0.591. The van der Waals surface area contributed by atoms with E-state index in [9.17, 15) is 23.2 Å². The minimum Gasteiger partial charge on any atom is -0.458 e. The monoisotopic (exact) mass is 426 g/mol. The highest BCUT2D eigenvalue weighted by Gasteiger charge is 2.28. The second kappa shape index (κ2) is 11.6. The average Bonchev–Trinajstić information content (AvgIpc) is 2.58. The van der Waals surface area contributed by atoms with Crippen LogP contribution in [0.4, 0.5) is 8.78 Å². The fourth-order valence-electron chi connectivity index (χ4n) is 2.77. The van der Waals surface area contributed by atoms with Crippen molar-refractivity contribution in [3.63, 3.8) is 0 Å². The minimum atomic E-state index is -0.938. The van der Waals surface area contributed by atoms with Gasteiger partial charge < -0.3 is 15.4 Å². The number of hydrogen-bond acceptors (Lipinski definition) is 4. The van der Waals surface area contributed by atoms with Crippen LogP contribution >= 0.6 is 0 Å². The molecule has 1 aromatic rings. The molecule has 0 bridgehead atoms. The van der Waals surface area contributed by atoms with Crippen LogP contribution in [0, 0.1) is 11.6 Å². The summed E-state index contributed by atoms with van der Waals surface area (Å²) in [5.74, 6) is -3.20. The zero-order chi connectivity index (χ0) is 22.9. The van der Waals surface area contributed by atoms with Gasteiger partial charge in [-0.25, -0.2) is 13.6 Å². The molecule has 0 radical (unpaired) electrons. The predicted octanol–water partition coefficient (Wildman–Crippen LogP) is 3.42. The SMILES string of the molecule is CCCCC[C@H](NC(=O)[C@H](C)NC(=O)Cc1cc(F)cc(F)c1)C(=O)OC(C)(C)C. The number of esters is 1. The maximum Gasteiger partial charge on any atom is 0.329 e. The lowest BCUT2D eigenvalue weighted by atomic mass is 10.1. The molecule has 1 rings (SSSR count). The van der Waals surface area contributed by atoms with Crippen LogP contribution in [-0.2, 0) is 25.5 Å². The van der Waals surface area contributed by atoms with E-state index in [2.05, 4.69) is 10.6 Å². The molecule has 6 nitrogen and oxygen atoms in total. The third-order valence-corrected chi connectivity index (χ3v) is 4.16. The first-order valence-corrected chi connectivity index (χ1v) is 10.2. The van der Waals surface area contributed by atoms with Crippen molar-refractivity contribution in [2.45, 2.75) is 84.4 Å². The van der Waals surface area contributed by atoms with E-state index >= 15 is 0 Å². The van der Waals surface area contributed by atoms with E-state index in [1.807, 2.05) is 6.92 Å². The largest absolute Gasteiger partial charge is 0.458 e. The van der Waals surface area contributed by atoms with Gasteiger partial charge in [-0.3, -0.25) is 9.59 Å². The molecule has 2 amide bonds. The van der Waals surface area contributed by atoms with Crippen molar-refractivity contribution < 1.29 is 27.9 Å². The Kier molecular flexibility index (Phi) is 9.89. The molecule has 8 heteroatoms. The van der Waals surface area contributed by atoms with Gasteiger partial charge in [-0.2, -0.15) is 0 Å². The number of carbonyl (C=O) groups excluding carboxylic acids is 3. The normalized spacial score (nSPS) is 13.3. The summed E-state index contributed by atoms with van der Waals surface area (Å²) in [6.45, 7) is 8.73. The van der Waals surface area contributed by atoms with Crippen LogP contribution in [0.3, 0.4) is 0 Å². The second-order valence-electron chi connectivity index (χ2n) is 8.33. The smallest absolute Gasteiger partial charge is 0.329 e. The van der Waals surface area contributed by atoms with Crippen LogP contribution in [0.5, 0.6) is 0 Å². The van der Waals surface area contributed by atoms with Gasteiger partial charge in [0.25, 0.3) is 0 Å². The van der Waals surface area contributed by atoms with E-state index < -0.39 is 47.1 Å². The van der Waals surface area contributed by atoms with Gasteiger partial charge in [-0.15, -0.1) is 0 Å². The molecule has 0 unspecified atom stereocenters. The summed E-state index contributed by atoms with van der Waals surface area (Å²) >= 11 is 0. The molecular weight excluding hydrogens is 394 g/mol. The number of benzene rings is 1. The van der Waals surface area contributed by atoms with E-state index in [1.54, 1.807) is 20.8 Å². The van der Waals surface area contributed by atoms with Gasteiger partial charge in [0.1, 0.15) is 29.3 Å². The first-order chi connectivity index (χ1) is 13.9. The number of rotatable bonds is 10. The van der Waals surface area contributed by atoms with Crippen LogP contribution in [0.2, 0.25) is 0 Å². The van der Waals surface area contributed by atoms with Gasteiger partial charge in [0.15, 0.2) is 0 Å². The molecule has 0 aliphatic heterocycles. The number of halogens is 2. The lowest BCUT2D eigenvalue weighted by Crippen LogP contribution is -2.51. The summed E-state index contributed by atoms with van der Waals surface area (Å²) in [6.07, 6.45) is 2.76. The highest BCUT2D eigenvalue weighted by atomic mass is 19.1. The van der Waals surface area contributed by atoms with Crippen LogP contribution in [0.1, 0.15) is 65.9 Å². The Labute approximate surface area is 176 Å². The molecule has 0 spiro atoms. The van der Waals surface area contributed by atoms with Crippen LogP contribution in [0.25, 0.3) is 0 Å². The third kappa shape index (κ3) is 9.80. The van der Waals surface area contributed by atoms with Gasteiger partial charge in [0.2, 0.25) is 11.8 Å². The van der Waals surface area contributed by atoms with Crippen molar-refractivity contribution >= 4 is 17.8 Å². The molecule has 1 aromatic carbocycles. The van der Waals surface area contributed by atoms with Gasteiger partial charge in [0.05, 0.1) is 6.42 Å². The Hall–Kier alpha value is -2.51. The number of unbranched alkanes of at least 4 members (excludes halogenated alkanes) is 2. The summed E-state index contributed by atoms with van der Waals surface area (Å²) in [5, 5.41) is 5.12. The maximum atomic E-state index is 13.3. The van der Waals surface area contributed by atoms with E-state index in [0.29, 0.717) is 12.5 Å². The van der Waals surface area contributed by atoms with E-state index in [4.69, 9.17) is 4.74 Å². The highest BCUT2D eigenvalue weighted by Crippen LogP contribution is 2.13. The average molecular weight is 427 g/mol. The Morgan fingerprint density at radius 2 is 1.63 bits per heavy atom. The molecule has 2 N–H and O–H groups in total. The molecular formula is C22H32F2N2O4. The van der Waals surface area contributed by atoms with Crippen molar-refractivity contribution in [3.8, 4) is 0 Å². The maximum absolute atomic E-state index is 13.3. The number of carbonyl (C=O) groups is 3. The van der Waals surface area contributed by atoms with Crippen molar-refractivity contribution in [2.75, 3.05) is 0 Å². The summed E-state index contributed by atoms with van der Waals surface area (Å²) in [4.78, 5) is 37.1. The summed E-state index contributed by atoms with van der Waals surface area (Å²) < 4.78 is 31.9. The lowest BCUT2D eigenvalue weighted by Gasteiger charge is -2.25. The Bertz CT molecular complexity index is 727. The quantitative estimate of drug-likeness (QED) is 0.444. The Morgan fingerprint density at radius 3 is 2.17 bits per heavy atom. The number of hydrogen-bond donors (Lipinski definition) is 2. The third-order valence-electron chi connectivity index (χ3n) is 4.16. The topological polar surface area (TPSA) is 84.5 Å². The van der Waals surface area contributed by atoms with Crippen LogP contribution < -0.4 is 10.6 Å². The molecule has 30 heavy (non-hydrogen) atoms. The molecule has 2 atom stereocenters. The minimum absolute atomic E-state index is 0.156. The summed E-state index contributed by atoms with van der Waals surface area (Å²) in [7, 11) is 0. The second-order valence-corrected chi connectivity index (χ2v) is 8.33. The molecule has 0 aliphatic rings. The molecule has 0 heterocycles. The van der Waals surface area contributed by atoms with Crippen molar-refractivity contribution in [2.24, 2.45) is 0 Å². The van der Waals surface area contributed by atoms with E-state index in [0.717, 1.165) is 31.4 Å². The lowest BCUT2D eigenvalue weighted by molar-refractivity contribution is -0.159. The van der Waals surface area contributed by atoms with Crippen molar-refractivity contribution in [1.29, 1.82) is 0 Å². The van der Waals surface area contributed by atoms with E-state index in [1.165, 1.54) is 6.92 Å². The summed E-state index contributed by atoms with van der Waals surface area (Å²) in [6, 6.07) is 1.07. The zero-order valence-electron chi connectivity index (χ0n) is 18.3. The highest BCUT2D eigenvalue weighted by molar-refractivity contribution is 5.91. The first kappa shape index (κ1) is 25.5. The van der Waals surface area contributed by atoms with Gasteiger partial charge in [-0.05, 0) is 51.8 Å². The van der Waals surface area contributed by atoms with Crippen molar-refractivity contribution in [1.82, 2.24) is 10.6 Å². The standard InChI is InChI=1S/C22H32F2N2O4/c1-6-7-8-9-18(21(29)30-22(3,4)5)26-20(28)14(2)25-19(27)12-15-10-16(23)13-17(24)11-15/h10-11,13-14,18H,6-9,12H2,1-5H3,(H,25,27)(H,26,28)/t14-,18-/m0/s1. The fourth-order valence-corrected chi connectivity index (χ4v) is 2.77. The molecule has 0 saturated carbocycles. The van der Waals surface area contributed by atoms with Gasteiger partial charge in [-0.1, -0.05) is 26.2 Å².